The largest absolute Gasteiger partial charge is 0.394 e. The number of aliphatic hydroxyl groups excluding tert-OH is 7. The Bertz CT molecular complexity index is 1130. The minimum absolute atomic E-state index is 0.267. The van der Waals surface area contributed by atoms with Gasteiger partial charge >= 0.3 is 0 Å². The van der Waals surface area contributed by atoms with Crippen LogP contribution in [-0.2, 0) is 14.3 Å². The number of hydrogen-bond donors (Lipinski definition) is 8. The van der Waals surface area contributed by atoms with Crippen LogP contribution in [0, 0.1) is 0 Å². The zero-order valence-corrected chi connectivity index (χ0v) is 47.2. The number of ether oxygens (including phenoxy) is 2. The summed E-state index contributed by atoms with van der Waals surface area (Å²) in [6.07, 6.45) is 48.0. The first kappa shape index (κ1) is 69.1. The SMILES string of the molecule is CCCCCCCCCCCCCCCCCCCCCCCCCCCCCCCCCCCCCCC(O)C(=O)NC(COC1OC(CO)C(O)C(O)C1O)C(O)C(O)CCCCCCCCCCC. The van der Waals surface area contributed by atoms with Gasteiger partial charge in [-0.05, 0) is 12.8 Å². The van der Waals surface area contributed by atoms with E-state index in [0.717, 1.165) is 38.5 Å². The lowest BCUT2D eigenvalue weighted by molar-refractivity contribution is -0.303. The second kappa shape index (κ2) is 50.9. The average Bonchev–Trinajstić information content (AvgIpc) is 3.38. The maximum Gasteiger partial charge on any atom is 0.249 e. The smallest absolute Gasteiger partial charge is 0.249 e. The second-order valence-corrected chi connectivity index (χ2v) is 22.5. The molecule has 0 aromatic carbocycles. The Hall–Kier alpha value is -0.890. The van der Waals surface area contributed by atoms with Crippen molar-refractivity contribution in [1.29, 1.82) is 0 Å². The highest BCUT2D eigenvalue weighted by molar-refractivity contribution is 5.80. The molecule has 0 aromatic heterocycles. The molecule has 0 bridgehead atoms. The van der Waals surface area contributed by atoms with Gasteiger partial charge in [0, 0.05) is 0 Å². The molecule has 1 fully saturated rings. The third kappa shape index (κ3) is 38.6. The first-order valence-electron chi connectivity index (χ1n) is 31.4. The lowest BCUT2D eigenvalue weighted by atomic mass is 9.98. The summed E-state index contributed by atoms with van der Waals surface area (Å²) in [5.41, 5.74) is 0. The Morgan fingerprint density at radius 3 is 1.03 bits per heavy atom. The maximum absolute atomic E-state index is 13.1. The van der Waals surface area contributed by atoms with Gasteiger partial charge in [0.05, 0.1) is 25.4 Å². The molecule has 72 heavy (non-hydrogen) atoms. The Labute approximate surface area is 443 Å². The van der Waals surface area contributed by atoms with Crippen LogP contribution in [-0.4, -0.2) is 110 Å². The van der Waals surface area contributed by atoms with Crippen LogP contribution in [0.25, 0.3) is 0 Å². The monoisotopic (exact) mass is 1030 g/mol. The normalized spacial score (nSPS) is 19.9. The predicted octanol–water partition coefficient (Wildman–Crippen LogP) is 13.7. The lowest BCUT2D eigenvalue weighted by Gasteiger charge is -2.40. The number of hydrogen-bond acceptors (Lipinski definition) is 10. The van der Waals surface area contributed by atoms with Crippen molar-refractivity contribution in [2.24, 2.45) is 0 Å². The van der Waals surface area contributed by atoms with E-state index in [1.54, 1.807) is 0 Å². The highest BCUT2D eigenvalue weighted by atomic mass is 16.7. The van der Waals surface area contributed by atoms with Crippen LogP contribution in [0.5, 0.6) is 0 Å². The highest BCUT2D eigenvalue weighted by Gasteiger charge is 2.44. The zero-order chi connectivity index (χ0) is 52.5. The fraction of sp³-hybridized carbons (Fsp3) is 0.984. The van der Waals surface area contributed by atoms with Crippen molar-refractivity contribution in [3.63, 3.8) is 0 Å². The van der Waals surface area contributed by atoms with Gasteiger partial charge in [0.2, 0.25) is 5.91 Å². The van der Waals surface area contributed by atoms with Gasteiger partial charge in [0.1, 0.15) is 36.6 Å². The summed E-state index contributed by atoms with van der Waals surface area (Å²) in [5, 5.41) is 75.8. The number of aliphatic hydroxyl groups is 7. The maximum atomic E-state index is 13.1. The Morgan fingerprint density at radius 2 is 0.722 bits per heavy atom. The molecule has 9 atom stereocenters. The van der Waals surface area contributed by atoms with Crippen LogP contribution in [0.2, 0.25) is 0 Å². The van der Waals surface area contributed by atoms with Gasteiger partial charge in [0.25, 0.3) is 0 Å². The minimum atomic E-state index is -1.66. The van der Waals surface area contributed by atoms with Crippen molar-refractivity contribution in [2.45, 2.75) is 371 Å². The molecule has 1 heterocycles. The van der Waals surface area contributed by atoms with Crippen molar-refractivity contribution in [3.8, 4) is 0 Å². The van der Waals surface area contributed by atoms with E-state index in [1.165, 1.54) is 238 Å². The molecule has 1 rings (SSSR count). The minimum Gasteiger partial charge on any atom is -0.394 e. The number of unbranched alkanes of at least 4 members (excludes halogenated alkanes) is 43. The molecule has 11 heteroatoms. The summed E-state index contributed by atoms with van der Waals surface area (Å²) in [7, 11) is 0. The van der Waals surface area contributed by atoms with Gasteiger partial charge in [-0.3, -0.25) is 4.79 Å². The number of amides is 1. The first-order chi connectivity index (χ1) is 35.2. The van der Waals surface area contributed by atoms with Gasteiger partial charge in [-0.25, -0.2) is 0 Å². The molecule has 0 aromatic rings. The molecule has 0 spiro atoms. The number of carbonyl (C=O) groups is 1. The molecule has 1 aliphatic rings. The summed E-state index contributed by atoms with van der Waals surface area (Å²) in [6, 6.07) is -1.16. The van der Waals surface area contributed by atoms with Crippen LogP contribution >= 0.6 is 0 Å². The van der Waals surface area contributed by atoms with Crippen LogP contribution in [0.3, 0.4) is 0 Å². The van der Waals surface area contributed by atoms with E-state index in [4.69, 9.17) is 9.47 Å². The Kier molecular flexibility index (Phi) is 48.9. The molecular weight excluding hydrogens is 907 g/mol. The predicted molar refractivity (Wildman–Crippen MR) is 298 cm³/mol. The van der Waals surface area contributed by atoms with Crippen LogP contribution < -0.4 is 5.32 Å². The van der Waals surface area contributed by atoms with Crippen molar-refractivity contribution in [3.05, 3.63) is 0 Å². The topological polar surface area (TPSA) is 189 Å². The summed E-state index contributed by atoms with van der Waals surface area (Å²) >= 11 is 0. The third-order valence-electron chi connectivity index (χ3n) is 15.7. The standard InChI is InChI=1S/C61H121NO10/c1-3-5-7-9-11-13-14-15-16-17-18-19-20-21-22-23-24-25-26-27-28-29-30-31-32-33-34-35-36-37-38-39-41-43-45-47-49-54(65)60(70)62-52(51-71-61-59(69)58(68)57(67)55(50-63)72-61)56(66)53(64)48-46-44-42-40-12-10-8-6-4-2/h52-59,61,63-69H,3-51H2,1-2H3,(H,62,70). The van der Waals surface area contributed by atoms with Gasteiger partial charge in [0.15, 0.2) is 6.29 Å². The molecule has 0 saturated carbocycles. The van der Waals surface area contributed by atoms with Crippen LogP contribution in [0.15, 0.2) is 0 Å². The lowest BCUT2D eigenvalue weighted by Crippen LogP contribution is -2.60. The highest BCUT2D eigenvalue weighted by Crippen LogP contribution is 2.24. The fourth-order valence-electron chi connectivity index (χ4n) is 10.6. The first-order valence-corrected chi connectivity index (χ1v) is 31.4. The van der Waals surface area contributed by atoms with Crippen molar-refractivity contribution >= 4 is 5.91 Å². The Balaban J connectivity index is 2.06. The zero-order valence-electron chi connectivity index (χ0n) is 47.2. The average molecular weight is 1030 g/mol. The number of rotatable bonds is 55. The fourth-order valence-corrected chi connectivity index (χ4v) is 10.6. The van der Waals surface area contributed by atoms with Crippen LogP contribution in [0.1, 0.15) is 316 Å². The van der Waals surface area contributed by atoms with E-state index < -0.39 is 74.2 Å². The summed E-state index contributed by atoms with van der Waals surface area (Å²) < 4.78 is 11.1. The second-order valence-electron chi connectivity index (χ2n) is 22.5. The van der Waals surface area contributed by atoms with Crippen molar-refractivity contribution in [1.82, 2.24) is 5.32 Å². The molecule has 0 radical (unpaired) electrons. The summed E-state index contributed by atoms with van der Waals surface area (Å²) in [5.74, 6) is -0.692. The summed E-state index contributed by atoms with van der Waals surface area (Å²) in [6.45, 7) is 3.45. The van der Waals surface area contributed by atoms with E-state index in [1.807, 2.05) is 0 Å². The van der Waals surface area contributed by atoms with Gasteiger partial charge < -0.3 is 50.5 Å². The van der Waals surface area contributed by atoms with E-state index in [-0.39, 0.29) is 6.42 Å². The molecule has 11 nitrogen and oxygen atoms in total. The molecule has 0 aliphatic carbocycles. The number of carbonyl (C=O) groups excluding carboxylic acids is 1. The molecule has 1 amide bonds. The van der Waals surface area contributed by atoms with E-state index >= 15 is 0 Å². The summed E-state index contributed by atoms with van der Waals surface area (Å²) in [4.78, 5) is 13.1. The van der Waals surface area contributed by atoms with E-state index in [0.29, 0.717) is 19.3 Å². The molecule has 430 valence electrons. The van der Waals surface area contributed by atoms with Gasteiger partial charge in [-0.1, -0.05) is 303 Å². The van der Waals surface area contributed by atoms with E-state index in [9.17, 15) is 40.5 Å². The van der Waals surface area contributed by atoms with Gasteiger partial charge in [-0.15, -0.1) is 0 Å². The molecule has 1 aliphatic heterocycles. The van der Waals surface area contributed by atoms with E-state index in [2.05, 4.69) is 19.2 Å². The third-order valence-corrected chi connectivity index (χ3v) is 15.7. The quantitative estimate of drug-likeness (QED) is 0.0272. The molecule has 9 unspecified atom stereocenters. The molecular formula is C61H121NO10. The van der Waals surface area contributed by atoms with Gasteiger partial charge in [-0.2, -0.15) is 0 Å². The van der Waals surface area contributed by atoms with Crippen molar-refractivity contribution < 1.29 is 50.0 Å². The Morgan fingerprint density at radius 1 is 0.431 bits per heavy atom. The number of nitrogens with one attached hydrogen (secondary N) is 1. The molecule has 8 N–H and O–H groups in total. The van der Waals surface area contributed by atoms with Crippen LogP contribution in [0.4, 0.5) is 0 Å². The van der Waals surface area contributed by atoms with Crippen molar-refractivity contribution in [2.75, 3.05) is 13.2 Å². The molecule has 1 saturated heterocycles.